The van der Waals surface area contributed by atoms with Gasteiger partial charge >= 0.3 is 0 Å². The average Bonchev–Trinajstić information content (AvgIpc) is 2.84. The topological polar surface area (TPSA) is 41.5 Å². The third-order valence-corrected chi connectivity index (χ3v) is 4.83. The highest BCUT2D eigenvalue weighted by atomic mass is 79.9. The van der Waals surface area contributed by atoms with Crippen LogP contribution in [0.2, 0.25) is 0 Å². The summed E-state index contributed by atoms with van der Waals surface area (Å²) in [6.07, 6.45) is -0.521. The molecule has 1 heterocycles. The zero-order valence-corrected chi connectivity index (χ0v) is 14.6. The molecule has 0 aliphatic rings. The number of rotatable bonds is 7. The third-order valence-electron chi connectivity index (χ3n) is 3.13. The number of aliphatic hydroxyl groups excluding tert-OH is 1. The first kappa shape index (κ1) is 16.5. The number of hydrogen-bond acceptors (Lipinski definition) is 4. The summed E-state index contributed by atoms with van der Waals surface area (Å²) in [6, 6.07) is 8.12. The second kappa shape index (κ2) is 7.94. The van der Waals surface area contributed by atoms with Gasteiger partial charge in [0, 0.05) is 27.8 Å². The zero-order chi connectivity index (χ0) is 15.2. The van der Waals surface area contributed by atoms with Gasteiger partial charge in [0.05, 0.1) is 0 Å². The van der Waals surface area contributed by atoms with E-state index in [1.165, 1.54) is 4.88 Å². The van der Waals surface area contributed by atoms with Crippen LogP contribution in [0.15, 0.2) is 34.1 Å². The molecule has 1 atom stereocenters. The minimum Gasteiger partial charge on any atom is -0.490 e. The quantitative estimate of drug-likeness (QED) is 0.782. The monoisotopic (exact) mass is 369 g/mol. The molecule has 0 spiro atoms. The molecule has 1 unspecified atom stereocenters. The summed E-state index contributed by atoms with van der Waals surface area (Å²) in [5.74, 6) is 0.874. The van der Waals surface area contributed by atoms with Gasteiger partial charge in [-0.05, 0) is 47.0 Å². The highest BCUT2D eigenvalue weighted by Gasteiger charge is 2.08. The van der Waals surface area contributed by atoms with Gasteiger partial charge in [-0.15, -0.1) is 11.3 Å². The van der Waals surface area contributed by atoms with Crippen LogP contribution >= 0.6 is 27.3 Å². The number of thiophene rings is 1. The fourth-order valence-corrected chi connectivity index (χ4v) is 3.49. The Labute approximate surface area is 138 Å². The van der Waals surface area contributed by atoms with Crippen molar-refractivity contribution < 1.29 is 9.84 Å². The van der Waals surface area contributed by atoms with Gasteiger partial charge in [0.15, 0.2) is 0 Å². The predicted molar refractivity (Wildman–Crippen MR) is 91.1 cm³/mol. The molecule has 114 valence electrons. The molecule has 2 N–H and O–H groups in total. The van der Waals surface area contributed by atoms with Crippen LogP contribution in [0.1, 0.15) is 16.0 Å². The molecule has 0 saturated heterocycles. The Bertz CT molecular complexity index is 565. The van der Waals surface area contributed by atoms with Crippen molar-refractivity contribution in [2.24, 2.45) is 0 Å². The van der Waals surface area contributed by atoms with Crippen molar-refractivity contribution in [2.45, 2.75) is 26.5 Å². The lowest BCUT2D eigenvalue weighted by atomic mass is 10.1. The molecular formula is C16H20BrNO2S. The number of aliphatic hydroxyl groups is 1. The van der Waals surface area contributed by atoms with Crippen molar-refractivity contribution in [2.75, 3.05) is 13.2 Å². The van der Waals surface area contributed by atoms with E-state index in [0.717, 1.165) is 27.9 Å². The molecule has 3 nitrogen and oxygen atoms in total. The van der Waals surface area contributed by atoms with Crippen molar-refractivity contribution in [1.29, 1.82) is 0 Å². The molecule has 0 saturated carbocycles. The Morgan fingerprint density at radius 2 is 2.05 bits per heavy atom. The summed E-state index contributed by atoms with van der Waals surface area (Å²) in [6.45, 7) is 5.60. The molecule has 1 aromatic heterocycles. The van der Waals surface area contributed by atoms with Crippen molar-refractivity contribution in [3.05, 3.63) is 50.1 Å². The second-order valence-electron chi connectivity index (χ2n) is 5.05. The first-order valence-electron chi connectivity index (χ1n) is 6.87. The highest BCUT2D eigenvalue weighted by Crippen LogP contribution is 2.22. The second-order valence-corrected chi connectivity index (χ2v) is 6.96. The molecule has 0 aliphatic heterocycles. The fourth-order valence-electron chi connectivity index (χ4n) is 2.07. The number of aryl methyl sites for hydroxylation is 2. The van der Waals surface area contributed by atoms with Crippen LogP contribution < -0.4 is 10.1 Å². The summed E-state index contributed by atoms with van der Waals surface area (Å²) in [4.78, 5) is 1.24. The molecule has 1 aromatic carbocycles. The average molecular weight is 370 g/mol. The summed E-state index contributed by atoms with van der Waals surface area (Å²) in [5, 5.41) is 15.3. The molecule has 21 heavy (non-hydrogen) atoms. The summed E-state index contributed by atoms with van der Waals surface area (Å²) in [7, 11) is 0. The van der Waals surface area contributed by atoms with E-state index in [0.29, 0.717) is 13.2 Å². The Morgan fingerprint density at radius 1 is 1.33 bits per heavy atom. The van der Waals surface area contributed by atoms with Crippen molar-refractivity contribution in [3.63, 3.8) is 0 Å². The SMILES string of the molecule is Cc1cccc(C)c1OCC(O)CNCc1cc(Br)cs1. The highest BCUT2D eigenvalue weighted by molar-refractivity contribution is 9.10. The lowest BCUT2D eigenvalue weighted by molar-refractivity contribution is 0.105. The smallest absolute Gasteiger partial charge is 0.125 e. The molecule has 0 aliphatic carbocycles. The van der Waals surface area contributed by atoms with E-state index in [-0.39, 0.29) is 0 Å². The Kier molecular flexibility index (Phi) is 6.23. The number of para-hydroxylation sites is 1. The van der Waals surface area contributed by atoms with Crippen molar-refractivity contribution in [3.8, 4) is 5.75 Å². The standard InChI is InChI=1S/C16H20BrNO2S/c1-11-4-3-5-12(2)16(11)20-9-14(19)7-18-8-15-6-13(17)10-21-15/h3-6,10,14,18-19H,7-9H2,1-2H3. The molecule has 0 amide bonds. The van der Waals surface area contributed by atoms with E-state index in [1.807, 2.05) is 32.0 Å². The van der Waals surface area contributed by atoms with Gasteiger partial charge < -0.3 is 15.2 Å². The lowest BCUT2D eigenvalue weighted by Gasteiger charge is -2.16. The van der Waals surface area contributed by atoms with Crippen LogP contribution in [0.4, 0.5) is 0 Å². The van der Waals surface area contributed by atoms with Gasteiger partial charge in [-0.3, -0.25) is 0 Å². The van der Waals surface area contributed by atoms with E-state index < -0.39 is 6.10 Å². The number of hydrogen-bond donors (Lipinski definition) is 2. The summed E-state index contributed by atoms with van der Waals surface area (Å²) >= 11 is 5.12. The van der Waals surface area contributed by atoms with Gasteiger partial charge in [0.1, 0.15) is 18.5 Å². The fraction of sp³-hybridized carbons (Fsp3) is 0.375. The molecule has 0 radical (unpaired) electrons. The van der Waals surface area contributed by atoms with Crippen LogP contribution in [-0.4, -0.2) is 24.4 Å². The first-order valence-corrected chi connectivity index (χ1v) is 8.54. The third kappa shape index (κ3) is 5.11. The molecule has 5 heteroatoms. The lowest BCUT2D eigenvalue weighted by Crippen LogP contribution is -2.31. The van der Waals surface area contributed by atoms with Crippen molar-refractivity contribution in [1.82, 2.24) is 5.32 Å². The largest absolute Gasteiger partial charge is 0.490 e. The maximum atomic E-state index is 9.98. The zero-order valence-electron chi connectivity index (χ0n) is 12.2. The van der Waals surface area contributed by atoms with Crippen LogP contribution in [-0.2, 0) is 6.54 Å². The Hall–Kier alpha value is -0.880. The number of ether oxygens (including phenoxy) is 1. The van der Waals surface area contributed by atoms with Gasteiger partial charge in [0.25, 0.3) is 0 Å². The Balaban J connectivity index is 1.73. The van der Waals surface area contributed by atoms with Crippen LogP contribution in [0.3, 0.4) is 0 Å². The maximum Gasteiger partial charge on any atom is 0.125 e. The molecule has 0 fully saturated rings. The van der Waals surface area contributed by atoms with E-state index in [9.17, 15) is 5.11 Å². The van der Waals surface area contributed by atoms with Gasteiger partial charge in [-0.1, -0.05) is 18.2 Å². The normalized spacial score (nSPS) is 12.4. The number of halogens is 1. The summed E-state index contributed by atoms with van der Waals surface area (Å²) < 4.78 is 6.84. The van der Waals surface area contributed by atoms with E-state index >= 15 is 0 Å². The molecule has 0 bridgehead atoms. The first-order chi connectivity index (χ1) is 10.1. The minimum absolute atomic E-state index is 0.298. The summed E-state index contributed by atoms with van der Waals surface area (Å²) in [5.41, 5.74) is 2.19. The van der Waals surface area contributed by atoms with E-state index in [4.69, 9.17) is 4.74 Å². The predicted octanol–water partition coefficient (Wildman–Crippen LogP) is 3.66. The van der Waals surface area contributed by atoms with Crippen LogP contribution in [0, 0.1) is 13.8 Å². The Morgan fingerprint density at radius 3 is 2.67 bits per heavy atom. The van der Waals surface area contributed by atoms with E-state index in [2.05, 4.69) is 32.7 Å². The van der Waals surface area contributed by atoms with E-state index in [1.54, 1.807) is 11.3 Å². The van der Waals surface area contributed by atoms with Crippen LogP contribution in [0.5, 0.6) is 5.75 Å². The maximum absolute atomic E-state index is 9.98. The van der Waals surface area contributed by atoms with Gasteiger partial charge in [-0.25, -0.2) is 0 Å². The number of benzene rings is 1. The molecule has 2 rings (SSSR count). The minimum atomic E-state index is -0.521. The van der Waals surface area contributed by atoms with Crippen LogP contribution in [0.25, 0.3) is 0 Å². The molecular weight excluding hydrogens is 350 g/mol. The van der Waals surface area contributed by atoms with Gasteiger partial charge in [-0.2, -0.15) is 0 Å². The number of nitrogens with one attached hydrogen (secondary N) is 1. The van der Waals surface area contributed by atoms with Gasteiger partial charge in [0.2, 0.25) is 0 Å². The molecule has 2 aromatic rings. The van der Waals surface area contributed by atoms with Crippen molar-refractivity contribution >= 4 is 27.3 Å².